The van der Waals surface area contributed by atoms with E-state index in [0.29, 0.717) is 5.41 Å². The van der Waals surface area contributed by atoms with Gasteiger partial charge in [-0.15, -0.1) is 0 Å². The summed E-state index contributed by atoms with van der Waals surface area (Å²) < 4.78 is 0. The third-order valence-corrected chi connectivity index (χ3v) is 5.61. The normalized spacial score (nSPS) is 21.7. The monoisotopic (exact) mass is 287 g/mol. The summed E-state index contributed by atoms with van der Waals surface area (Å²) >= 11 is 0. The number of hydrogen-bond acceptors (Lipinski definition) is 3. The van der Waals surface area contributed by atoms with Crippen LogP contribution in [0, 0.1) is 12.3 Å². The average molecular weight is 287 g/mol. The molecule has 0 unspecified atom stereocenters. The Labute approximate surface area is 129 Å². The molecule has 0 atom stereocenters. The first-order valence-electron chi connectivity index (χ1n) is 8.59. The maximum absolute atomic E-state index is 4.83. The fourth-order valence-corrected chi connectivity index (χ4v) is 4.14. The van der Waals surface area contributed by atoms with E-state index in [9.17, 15) is 0 Å². The minimum atomic E-state index is 0.676. The van der Waals surface area contributed by atoms with E-state index < -0.39 is 0 Å². The van der Waals surface area contributed by atoms with Gasteiger partial charge in [0.1, 0.15) is 5.82 Å². The van der Waals surface area contributed by atoms with E-state index in [1.165, 1.54) is 75.1 Å². The molecule has 1 saturated carbocycles. The van der Waals surface area contributed by atoms with Gasteiger partial charge >= 0.3 is 0 Å². The third kappa shape index (κ3) is 3.23. The highest BCUT2D eigenvalue weighted by Crippen LogP contribution is 2.44. The molecule has 0 bridgehead atoms. The largest absolute Gasteiger partial charge is 0.357 e. The first-order chi connectivity index (χ1) is 10.2. The van der Waals surface area contributed by atoms with Gasteiger partial charge in [-0.2, -0.15) is 0 Å². The highest BCUT2D eigenvalue weighted by Gasteiger charge is 2.35. The first kappa shape index (κ1) is 14.8. The van der Waals surface area contributed by atoms with Crippen LogP contribution in [0.3, 0.4) is 0 Å². The summed E-state index contributed by atoms with van der Waals surface area (Å²) in [5.74, 6) is 1.18. The number of nitrogens with one attached hydrogen (secondary N) is 1. The Morgan fingerprint density at radius 1 is 1.10 bits per heavy atom. The van der Waals surface area contributed by atoms with Crippen molar-refractivity contribution in [3.05, 3.63) is 23.4 Å². The van der Waals surface area contributed by atoms with Gasteiger partial charge < -0.3 is 10.2 Å². The van der Waals surface area contributed by atoms with Gasteiger partial charge in [-0.25, -0.2) is 4.98 Å². The van der Waals surface area contributed by atoms with Gasteiger partial charge in [-0.1, -0.05) is 25.3 Å². The van der Waals surface area contributed by atoms with E-state index in [-0.39, 0.29) is 0 Å². The van der Waals surface area contributed by atoms with Gasteiger partial charge in [0.05, 0.1) is 0 Å². The third-order valence-electron chi connectivity index (χ3n) is 5.61. The lowest BCUT2D eigenvalue weighted by Crippen LogP contribution is -2.41. The molecule has 116 valence electrons. The number of anilines is 1. The van der Waals surface area contributed by atoms with Crippen molar-refractivity contribution in [2.24, 2.45) is 5.41 Å². The molecule has 0 aromatic carbocycles. The zero-order valence-electron chi connectivity index (χ0n) is 13.6. The van der Waals surface area contributed by atoms with Crippen molar-refractivity contribution in [1.29, 1.82) is 0 Å². The molecule has 3 rings (SSSR count). The number of aryl methyl sites for hydroxylation is 1. The smallest absolute Gasteiger partial charge is 0.128 e. The minimum Gasteiger partial charge on any atom is -0.357 e. The molecule has 3 heteroatoms. The molecule has 1 spiro atoms. The average Bonchev–Trinajstić information content (AvgIpc) is 2.51. The van der Waals surface area contributed by atoms with E-state index >= 15 is 0 Å². The Bertz CT molecular complexity index is 467. The second-order valence-electron chi connectivity index (χ2n) is 6.99. The van der Waals surface area contributed by atoms with Gasteiger partial charge in [0.2, 0.25) is 0 Å². The number of pyridine rings is 1. The van der Waals surface area contributed by atoms with Gasteiger partial charge in [0.25, 0.3) is 0 Å². The van der Waals surface area contributed by atoms with Crippen molar-refractivity contribution in [1.82, 2.24) is 10.3 Å². The van der Waals surface area contributed by atoms with Gasteiger partial charge in [0, 0.05) is 25.3 Å². The Morgan fingerprint density at radius 3 is 2.43 bits per heavy atom. The molecule has 0 amide bonds. The van der Waals surface area contributed by atoms with Crippen molar-refractivity contribution in [2.75, 3.05) is 25.0 Å². The highest BCUT2D eigenvalue weighted by atomic mass is 15.2. The molecular weight excluding hydrogens is 258 g/mol. The van der Waals surface area contributed by atoms with Crippen molar-refractivity contribution in [3.63, 3.8) is 0 Å². The Morgan fingerprint density at radius 2 is 1.81 bits per heavy atom. The number of hydrogen-bond donors (Lipinski definition) is 1. The van der Waals surface area contributed by atoms with Gasteiger partial charge in [0.15, 0.2) is 0 Å². The van der Waals surface area contributed by atoms with Gasteiger partial charge in [-0.05, 0) is 56.7 Å². The van der Waals surface area contributed by atoms with E-state index in [4.69, 9.17) is 4.98 Å². The van der Waals surface area contributed by atoms with Crippen LogP contribution in [0.4, 0.5) is 5.82 Å². The zero-order valence-corrected chi connectivity index (χ0v) is 13.6. The zero-order chi connectivity index (χ0) is 14.7. The maximum atomic E-state index is 4.83. The van der Waals surface area contributed by atoms with E-state index in [1.807, 2.05) is 7.05 Å². The van der Waals surface area contributed by atoms with Crippen LogP contribution in [0.5, 0.6) is 0 Å². The molecule has 2 fully saturated rings. The lowest BCUT2D eigenvalue weighted by molar-refractivity contribution is 0.144. The van der Waals surface area contributed by atoms with Crippen LogP contribution in [0.25, 0.3) is 0 Å². The summed E-state index contributed by atoms with van der Waals surface area (Å²) in [7, 11) is 1.99. The topological polar surface area (TPSA) is 28.2 Å². The van der Waals surface area contributed by atoms with Crippen LogP contribution in [0.15, 0.2) is 12.1 Å². The molecule has 0 radical (unpaired) electrons. The molecule has 2 aliphatic rings. The van der Waals surface area contributed by atoms with Crippen LogP contribution in [0.1, 0.15) is 56.2 Å². The highest BCUT2D eigenvalue weighted by molar-refractivity contribution is 5.42. The van der Waals surface area contributed by atoms with Crippen molar-refractivity contribution < 1.29 is 0 Å². The molecule has 2 heterocycles. The lowest BCUT2D eigenvalue weighted by Gasteiger charge is -2.44. The van der Waals surface area contributed by atoms with Crippen LogP contribution in [-0.4, -0.2) is 25.1 Å². The number of nitrogens with zero attached hydrogens (tertiary/aromatic N) is 2. The minimum absolute atomic E-state index is 0.676. The van der Waals surface area contributed by atoms with Gasteiger partial charge in [-0.3, -0.25) is 0 Å². The van der Waals surface area contributed by atoms with Crippen molar-refractivity contribution >= 4 is 5.82 Å². The molecule has 1 aromatic heterocycles. The van der Waals surface area contributed by atoms with E-state index in [2.05, 4.69) is 29.3 Å². The molecule has 1 aliphatic heterocycles. The van der Waals surface area contributed by atoms with Crippen LogP contribution >= 0.6 is 0 Å². The fraction of sp³-hybridized carbons (Fsp3) is 0.722. The second-order valence-corrected chi connectivity index (χ2v) is 6.99. The SMILES string of the molecule is CNCc1ccc(N2CCC3(CCCCC3)CC2)nc1C. The quantitative estimate of drug-likeness (QED) is 0.919. The number of rotatable bonds is 3. The molecule has 21 heavy (non-hydrogen) atoms. The predicted molar refractivity (Wildman–Crippen MR) is 88.7 cm³/mol. The van der Waals surface area contributed by atoms with Crippen LogP contribution in [0.2, 0.25) is 0 Å². The molecular formula is C18H29N3. The molecule has 1 saturated heterocycles. The van der Waals surface area contributed by atoms with Crippen molar-refractivity contribution in [2.45, 2.75) is 58.4 Å². The first-order valence-corrected chi connectivity index (χ1v) is 8.59. The molecule has 1 aromatic rings. The molecule has 1 N–H and O–H groups in total. The fourth-order valence-electron chi connectivity index (χ4n) is 4.14. The summed E-state index contributed by atoms with van der Waals surface area (Å²) in [6.07, 6.45) is 10.0. The summed E-state index contributed by atoms with van der Waals surface area (Å²) in [6, 6.07) is 4.44. The maximum Gasteiger partial charge on any atom is 0.128 e. The summed E-state index contributed by atoms with van der Waals surface area (Å²) in [6.45, 7) is 5.42. The van der Waals surface area contributed by atoms with E-state index in [1.54, 1.807) is 0 Å². The summed E-state index contributed by atoms with van der Waals surface area (Å²) in [5, 5.41) is 3.21. The lowest BCUT2D eigenvalue weighted by atomic mass is 9.68. The molecule has 1 aliphatic carbocycles. The predicted octanol–water partition coefficient (Wildman–Crippen LogP) is 3.66. The molecule has 3 nitrogen and oxygen atoms in total. The number of piperidine rings is 1. The summed E-state index contributed by atoms with van der Waals surface area (Å²) in [5.41, 5.74) is 3.15. The van der Waals surface area contributed by atoms with Crippen LogP contribution < -0.4 is 10.2 Å². The summed E-state index contributed by atoms with van der Waals surface area (Å²) in [4.78, 5) is 7.33. The number of aromatic nitrogens is 1. The van der Waals surface area contributed by atoms with Crippen molar-refractivity contribution in [3.8, 4) is 0 Å². The standard InChI is InChI=1S/C18H29N3/c1-15-16(14-19-2)6-7-17(20-15)21-12-10-18(11-13-21)8-4-3-5-9-18/h6-7,19H,3-5,8-14H2,1-2H3. The Balaban J connectivity index is 1.65. The Hall–Kier alpha value is -1.09. The van der Waals surface area contributed by atoms with Crippen LogP contribution in [-0.2, 0) is 6.54 Å². The van der Waals surface area contributed by atoms with E-state index in [0.717, 1.165) is 6.54 Å². The second kappa shape index (κ2) is 6.35. The Kier molecular flexibility index (Phi) is 4.48.